The Kier molecular flexibility index (Phi) is 5.94. The number of methoxy groups -OCH3 is 1. The molecule has 7 heteroatoms. The standard InChI is InChI=1S/C12H17NO5S/c1-8(15)13-10(7-14)5-9-3-4-11(18-2)12(6-9)19(16)17/h3-4,6,10,14H,5,7H2,1-2H3,(H,13,15)(H,16,17)/t10-/m0/s1. The highest BCUT2D eigenvalue weighted by Gasteiger charge is 2.13. The van der Waals surface area contributed by atoms with Gasteiger partial charge in [-0.3, -0.25) is 4.79 Å². The molecule has 1 aromatic rings. The van der Waals surface area contributed by atoms with Gasteiger partial charge < -0.3 is 19.7 Å². The van der Waals surface area contributed by atoms with Crippen LogP contribution in [-0.2, 0) is 22.3 Å². The Morgan fingerprint density at radius 1 is 1.53 bits per heavy atom. The average molecular weight is 287 g/mol. The topological polar surface area (TPSA) is 95.9 Å². The molecule has 19 heavy (non-hydrogen) atoms. The van der Waals surface area contributed by atoms with E-state index in [1.54, 1.807) is 12.1 Å². The van der Waals surface area contributed by atoms with E-state index in [4.69, 9.17) is 14.4 Å². The zero-order chi connectivity index (χ0) is 14.4. The molecule has 0 aliphatic carbocycles. The molecular weight excluding hydrogens is 270 g/mol. The largest absolute Gasteiger partial charge is 0.495 e. The third-order valence-corrected chi connectivity index (χ3v) is 3.22. The number of benzene rings is 1. The maximum Gasteiger partial charge on any atom is 0.217 e. The van der Waals surface area contributed by atoms with Crippen molar-refractivity contribution in [1.82, 2.24) is 5.32 Å². The summed E-state index contributed by atoms with van der Waals surface area (Å²) in [7, 11) is 1.42. The first-order valence-electron chi connectivity index (χ1n) is 5.63. The van der Waals surface area contributed by atoms with Gasteiger partial charge in [0.15, 0.2) is 11.1 Å². The molecule has 0 fully saturated rings. The second-order valence-electron chi connectivity index (χ2n) is 4.02. The Bertz CT molecular complexity index is 477. The lowest BCUT2D eigenvalue weighted by atomic mass is 10.1. The molecule has 0 aromatic heterocycles. The highest BCUT2D eigenvalue weighted by molar-refractivity contribution is 7.79. The summed E-state index contributed by atoms with van der Waals surface area (Å²) < 4.78 is 25.3. The fourth-order valence-corrected chi connectivity index (χ4v) is 2.29. The molecular formula is C12H17NO5S. The van der Waals surface area contributed by atoms with Crippen molar-refractivity contribution in [2.45, 2.75) is 24.3 Å². The van der Waals surface area contributed by atoms with Crippen molar-refractivity contribution in [2.24, 2.45) is 0 Å². The highest BCUT2D eigenvalue weighted by atomic mass is 32.2. The minimum Gasteiger partial charge on any atom is -0.495 e. The fourth-order valence-electron chi connectivity index (χ4n) is 1.72. The number of rotatable bonds is 6. The van der Waals surface area contributed by atoms with Crippen molar-refractivity contribution < 1.29 is 23.4 Å². The van der Waals surface area contributed by atoms with Gasteiger partial charge in [0.1, 0.15) is 10.6 Å². The summed E-state index contributed by atoms with van der Waals surface area (Å²) in [5.41, 5.74) is 0.728. The molecule has 0 heterocycles. The Hall–Kier alpha value is -1.44. The third-order valence-electron chi connectivity index (χ3n) is 2.53. The lowest BCUT2D eigenvalue weighted by Crippen LogP contribution is -2.37. The van der Waals surface area contributed by atoms with Gasteiger partial charge in [-0.15, -0.1) is 0 Å². The van der Waals surface area contributed by atoms with Crippen molar-refractivity contribution in [2.75, 3.05) is 13.7 Å². The minimum absolute atomic E-state index is 0.166. The summed E-state index contributed by atoms with van der Waals surface area (Å²) in [6.07, 6.45) is 0.365. The van der Waals surface area contributed by atoms with E-state index in [0.29, 0.717) is 12.2 Å². The number of ether oxygens (including phenoxy) is 1. The first-order chi connectivity index (χ1) is 8.97. The molecule has 0 radical (unpaired) electrons. The zero-order valence-corrected chi connectivity index (χ0v) is 11.6. The molecule has 0 saturated heterocycles. The van der Waals surface area contributed by atoms with E-state index in [-0.39, 0.29) is 17.4 Å². The van der Waals surface area contributed by atoms with Gasteiger partial charge in [0.25, 0.3) is 0 Å². The lowest BCUT2D eigenvalue weighted by molar-refractivity contribution is -0.119. The number of hydrogen-bond acceptors (Lipinski definition) is 4. The molecule has 0 bridgehead atoms. The van der Waals surface area contributed by atoms with Crippen LogP contribution >= 0.6 is 0 Å². The molecule has 0 saturated carbocycles. The Morgan fingerprint density at radius 2 is 2.21 bits per heavy atom. The van der Waals surface area contributed by atoms with E-state index < -0.39 is 17.1 Å². The maximum atomic E-state index is 11.2. The fraction of sp³-hybridized carbons (Fsp3) is 0.417. The highest BCUT2D eigenvalue weighted by Crippen LogP contribution is 2.23. The molecule has 1 amide bonds. The smallest absolute Gasteiger partial charge is 0.217 e. The average Bonchev–Trinajstić information content (AvgIpc) is 2.37. The molecule has 0 aliphatic heterocycles. The minimum atomic E-state index is -2.15. The number of aliphatic hydroxyl groups is 1. The summed E-state index contributed by atoms with van der Waals surface area (Å²) >= 11 is -2.15. The van der Waals surface area contributed by atoms with Crippen LogP contribution in [0.15, 0.2) is 23.1 Å². The first-order valence-corrected chi connectivity index (χ1v) is 6.74. The molecule has 1 unspecified atom stereocenters. The summed E-state index contributed by atoms with van der Waals surface area (Å²) in [5, 5.41) is 11.8. The van der Waals surface area contributed by atoms with Crippen molar-refractivity contribution in [1.29, 1.82) is 0 Å². The Labute approximate surface area is 114 Å². The number of carbonyl (C=O) groups is 1. The monoisotopic (exact) mass is 287 g/mol. The van der Waals surface area contributed by atoms with Crippen molar-refractivity contribution in [3.8, 4) is 5.75 Å². The predicted octanol–water partition coefficient (Wildman–Crippen LogP) is 0.315. The van der Waals surface area contributed by atoms with Crippen LogP contribution in [0.4, 0.5) is 0 Å². The molecule has 6 nitrogen and oxygen atoms in total. The molecule has 1 rings (SSSR count). The van der Waals surface area contributed by atoms with Crippen LogP contribution in [0, 0.1) is 0 Å². The van der Waals surface area contributed by atoms with Crippen molar-refractivity contribution in [3.05, 3.63) is 23.8 Å². The van der Waals surface area contributed by atoms with Crippen molar-refractivity contribution in [3.63, 3.8) is 0 Å². The molecule has 1 aromatic carbocycles. The van der Waals surface area contributed by atoms with E-state index in [0.717, 1.165) is 5.56 Å². The lowest BCUT2D eigenvalue weighted by Gasteiger charge is -2.16. The van der Waals surface area contributed by atoms with E-state index in [2.05, 4.69) is 5.32 Å². The Morgan fingerprint density at radius 3 is 2.68 bits per heavy atom. The quantitative estimate of drug-likeness (QED) is 0.655. The summed E-state index contributed by atoms with van der Waals surface area (Å²) in [6, 6.07) is 4.41. The van der Waals surface area contributed by atoms with Gasteiger partial charge in [-0.25, -0.2) is 4.21 Å². The third kappa shape index (κ3) is 4.62. The molecule has 106 valence electrons. The second-order valence-corrected chi connectivity index (χ2v) is 4.96. The molecule has 0 aliphatic rings. The molecule has 0 spiro atoms. The van der Waals surface area contributed by atoms with Gasteiger partial charge in [-0.1, -0.05) is 6.07 Å². The second kappa shape index (κ2) is 7.22. The summed E-state index contributed by atoms with van der Waals surface area (Å²) in [6.45, 7) is 1.16. The van der Waals surface area contributed by atoms with Gasteiger partial charge >= 0.3 is 0 Å². The summed E-state index contributed by atoms with van der Waals surface area (Å²) in [4.78, 5) is 11.1. The van der Waals surface area contributed by atoms with Crippen LogP contribution in [-0.4, -0.2) is 39.5 Å². The number of amides is 1. The van der Waals surface area contributed by atoms with Gasteiger partial charge in [0.2, 0.25) is 5.91 Å². The van der Waals surface area contributed by atoms with Gasteiger partial charge in [0, 0.05) is 6.92 Å². The van der Waals surface area contributed by atoms with E-state index in [9.17, 15) is 9.00 Å². The number of carbonyl (C=O) groups excluding carboxylic acids is 1. The van der Waals surface area contributed by atoms with Crippen LogP contribution in [0.5, 0.6) is 5.75 Å². The molecule has 3 N–H and O–H groups in total. The van der Waals surface area contributed by atoms with Crippen molar-refractivity contribution >= 4 is 17.0 Å². The zero-order valence-electron chi connectivity index (χ0n) is 10.8. The SMILES string of the molecule is COc1ccc(C[C@@H](CO)NC(C)=O)cc1S(=O)O. The number of hydrogen-bond donors (Lipinski definition) is 3. The van der Waals surface area contributed by atoms with Gasteiger partial charge in [-0.2, -0.15) is 0 Å². The van der Waals surface area contributed by atoms with Crippen LogP contribution in [0.25, 0.3) is 0 Å². The Balaban J connectivity index is 2.92. The number of aliphatic hydroxyl groups excluding tert-OH is 1. The number of nitrogens with one attached hydrogen (secondary N) is 1. The van der Waals surface area contributed by atoms with Crippen LogP contribution < -0.4 is 10.1 Å². The van der Waals surface area contributed by atoms with E-state index >= 15 is 0 Å². The normalized spacial score (nSPS) is 13.7. The molecule has 2 atom stereocenters. The van der Waals surface area contributed by atoms with Gasteiger partial charge in [-0.05, 0) is 24.1 Å². The van der Waals surface area contributed by atoms with Crippen LogP contribution in [0.3, 0.4) is 0 Å². The van der Waals surface area contributed by atoms with Gasteiger partial charge in [0.05, 0.1) is 19.8 Å². The maximum absolute atomic E-state index is 11.2. The van der Waals surface area contributed by atoms with Crippen LogP contribution in [0.2, 0.25) is 0 Å². The summed E-state index contributed by atoms with van der Waals surface area (Å²) in [5.74, 6) is 0.0863. The van der Waals surface area contributed by atoms with E-state index in [1.165, 1.54) is 20.1 Å². The predicted molar refractivity (Wildman–Crippen MR) is 70.4 cm³/mol. The van der Waals surface area contributed by atoms with Crippen LogP contribution in [0.1, 0.15) is 12.5 Å². The first kappa shape index (κ1) is 15.6. The van der Waals surface area contributed by atoms with E-state index in [1.807, 2.05) is 0 Å².